The number of hydrogen-bond acceptors (Lipinski definition) is 3. The number of likely N-dealkylation sites (tertiary alicyclic amines) is 1. The Morgan fingerprint density at radius 1 is 1.03 bits per heavy atom. The molecule has 0 unspecified atom stereocenters. The van der Waals surface area contributed by atoms with Gasteiger partial charge in [-0.2, -0.15) is 0 Å². The lowest BCUT2D eigenvalue weighted by molar-refractivity contribution is -0.149. The molecule has 4 nitrogen and oxygen atoms in total. The molecular formula is C27H36N2O2. The van der Waals surface area contributed by atoms with Gasteiger partial charge in [-0.15, -0.1) is 0 Å². The van der Waals surface area contributed by atoms with Crippen LogP contribution >= 0.6 is 0 Å². The molecule has 1 amide bonds. The van der Waals surface area contributed by atoms with Gasteiger partial charge in [0.05, 0.1) is 0 Å². The molecule has 0 aromatic heterocycles. The number of nitrogens with one attached hydrogen (secondary N) is 1. The third-order valence-corrected chi connectivity index (χ3v) is 7.45. The van der Waals surface area contributed by atoms with Crippen molar-refractivity contribution in [1.82, 2.24) is 10.2 Å². The van der Waals surface area contributed by atoms with Gasteiger partial charge in [0.15, 0.2) is 5.60 Å². The number of carbonyl (C=O) groups is 1. The highest BCUT2D eigenvalue weighted by molar-refractivity contribution is 5.86. The number of carbonyl (C=O) groups excluding carboxylic acids is 1. The number of hydrogen-bond donors (Lipinski definition) is 2. The monoisotopic (exact) mass is 420 g/mol. The van der Waals surface area contributed by atoms with Crippen molar-refractivity contribution in [3.63, 3.8) is 0 Å². The van der Waals surface area contributed by atoms with E-state index < -0.39 is 5.60 Å². The molecule has 1 saturated heterocycles. The zero-order valence-corrected chi connectivity index (χ0v) is 18.7. The molecule has 2 aromatic carbocycles. The zero-order valence-electron chi connectivity index (χ0n) is 18.7. The average molecular weight is 421 g/mol. The second-order valence-corrected chi connectivity index (χ2v) is 9.41. The number of rotatable bonds is 7. The molecule has 1 aliphatic heterocycles. The maximum absolute atomic E-state index is 13.4. The van der Waals surface area contributed by atoms with E-state index in [0.29, 0.717) is 18.5 Å². The minimum absolute atomic E-state index is 0.0122. The standard InChI is InChI=1S/C27H36N2O2/c1-21(23-11-5-2-6-12-23)29-18-17-22(20-29)19-28-26(30)27(31,24-13-7-3-8-14-24)25-15-9-4-10-16-25/h2-3,5-8,11-14,21-22,25,31H,4,9-10,15-20H2,1H3,(H,28,30)/t21-,22+,27-/m1/s1. The second-order valence-electron chi connectivity index (χ2n) is 9.41. The fourth-order valence-corrected chi connectivity index (χ4v) is 5.46. The van der Waals surface area contributed by atoms with Crippen LogP contribution in [-0.2, 0) is 10.4 Å². The molecule has 0 spiro atoms. The summed E-state index contributed by atoms with van der Waals surface area (Å²) < 4.78 is 0. The lowest BCUT2D eigenvalue weighted by atomic mass is 9.72. The summed E-state index contributed by atoms with van der Waals surface area (Å²) >= 11 is 0. The molecular weight excluding hydrogens is 384 g/mol. The second kappa shape index (κ2) is 9.97. The van der Waals surface area contributed by atoms with E-state index in [4.69, 9.17) is 0 Å². The third-order valence-electron chi connectivity index (χ3n) is 7.45. The Labute approximate surface area is 186 Å². The zero-order chi connectivity index (χ0) is 21.7. The van der Waals surface area contributed by atoms with Gasteiger partial charge >= 0.3 is 0 Å². The van der Waals surface area contributed by atoms with E-state index in [1.807, 2.05) is 30.3 Å². The van der Waals surface area contributed by atoms with Crippen molar-refractivity contribution in [2.75, 3.05) is 19.6 Å². The van der Waals surface area contributed by atoms with Crippen molar-refractivity contribution in [3.05, 3.63) is 71.8 Å². The predicted octanol–water partition coefficient (Wildman–Crippen LogP) is 4.65. The summed E-state index contributed by atoms with van der Waals surface area (Å²) in [6, 6.07) is 20.5. The fourth-order valence-electron chi connectivity index (χ4n) is 5.46. The Morgan fingerprint density at radius 2 is 1.68 bits per heavy atom. The van der Waals surface area contributed by atoms with Gasteiger partial charge in [0.2, 0.25) is 0 Å². The van der Waals surface area contributed by atoms with Gasteiger partial charge in [-0.1, -0.05) is 79.9 Å². The molecule has 0 radical (unpaired) electrons. The number of aliphatic hydroxyl groups is 1. The van der Waals surface area contributed by atoms with E-state index in [-0.39, 0.29) is 11.8 Å². The van der Waals surface area contributed by atoms with Crippen LogP contribution in [0.5, 0.6) is 0 Å². The van der Waals surface area contributed by atoms with Crippen LogP contribution in [0.15, 0.2) is 60.7 Å². The summed E-state index contributed by atoms with van der Waals surface area (Å²) in [5, 5.41) is 14.9. The molecule has 2 aliphatic rings. The Bertz CT molecular complexity index is 835. The first-order valence-corrected chi connectivity index (χ1v) is 11.9. The van der Waals surface area contributed by atoms with Crippen LogP contribution in [0, 0.1) is 11.8 Å². The van der Waals surface area contributed by atoms with Crippen LogP contribution in [0.25, 0.3) is 0 Å². The van der Waals surface area contributed by atoms with E-state index in [9.17, 15) is 9.90 Å². The predicted molar refractivity (Wildman–Crippen MR) is 124 cm³/mol. The summed E-state index contributed by atoms with van der Waals surface area (Å²) in [7, 11) is 0. The smallest absolute Gasteiger partial charge is 0.256 e. The van der Waals surface area contributed by atoms with Gasteiger partial charge in [0.25, 0.3) is 5.91 Å². The van der Waals surface area contributed by atoms with Gasteiger partial charge in [-0.25, -0.2) is 0 Å². The molecule has 2 aromatic rings. The lowest BCUT2D eigenvalue weighted by Crippen LogP contribution is -2.51. The molecule has 1 saturated carbocycles. The first-order valence-electron chi connectivity index (χ1n) is 11.9. The molecule has 2 fully saturated rings. The van der Waals surface area contributed by atoms with Crippen molar-refractivity contribution in [2.24, 2.45) is 11.8 Å². The van der Waals surface area contributed by atoms with Crippen molar-refractivity contribution >= 4 is 5.91 Å². The summed E-state index contributed by atoms with van der Waals surface area (Å²) in [5.41, 5.74) is 0.630. The molecule has 1 heterocycles. The van der Waals surface area contributed by atoms with Gasteiger partial charge < -0.3 is 10.4 Å². The molecule has 4 heteroatoms. The van der Waals surface area contributed by atoms with Gasteiger partial charge in [0.1, 0.15) is 0 Å². The van der Waals surface area contributed by atoms with Crippen LogP contribution in [0.1, 0.15) is 62.6 Å². The van der Waals surface area contributed by atoms with Gasteiger partial charge in [0, 0.05) is 25.0 Å². The summed E-state index contributed by atoms with van der Waals surface area (Å²) in [6.07, 6.45) is 6.25. The first kappa shape index (κ1) is 22.0. The number of amides is 1. The Kier molecular flexibility index (Phi) is 7.09. The van der Waals surface area contributed by atoms with Crippen LogP contribution in [0.2, 0.25) is 0 Å². The van der Waals surface area contributed by atoms with Gasteiger partial charge in [-0.3, -0.25) is 9.69 Å². The molecule has 0 bridgehead atoms. The van der Waals surface area contributed by atoms with E-state index in [1.165, 1.54) is 12.0 Å². The molecule has 2 N–H and O–H groups in total. The van der Waals surface area contributed by atoms with Crippen LogP contribution < -0.4 is 5.32 Å². The van der Waals surface area contributed by atoms with Crippen LogP contribution in [-0.4, -0.2) is 35.5 Å². The molecule has 31 heavy (non-hydrogen) atoms. The highest BCUT2D eigenvalue weighted by Crippen LogP contribution is 2.39. The Morgan fingerprint density at radius 3 is 2.35 bits per heavy atom. The highest BCUT2D eigenvalue weighted by Gasteiger charge is 2.45. The quantitative estimate of drug-likeness (QED) is 0.685. The van der Waals surface area contributed by atoms with E-state index in [0.717, 1.165) is 50.8 Å². The molecule has 3 atom stereocenters. The third kappa shape index (κ3) is 4.86. The SMILES string of the molecule is C[C@H](c1ccccc1)N1CC[C@@H](CNC(=O)[C@@](O)(c2ccccc2)C2CCCCC2)C1. The van der Waals surface area contributed by atoms with Crippen molar-refractivity contribution in [1.29, 1.82) is 0 Å². The average Bonchev–Trinajstić information content (AvgIpc) is 3.32. The Balaban J connectivity index is 1.39. The van der Waals surface area contributed by atoms with Crippen molar-refractivity contribution in [3.8, 4) is 0 Å². The van der Waals surface area contributed by atoms with Crippen LogP contribution in [0.3, 0.4) is 0 Å². The minimum Gasteiger partial charge on any atom is -0.375 e. The van der Waals surface area contributed by atoms with E-state index in [1.54, 1.807) is 0 Å². The van der Waals surface area contributed by atoms with Crippen molar-refractivity contribution < 1.29 is 9.90 Å². The fraction of sp³-hybridized carbons (Fsp3) is 0.519. The largest absolute Gasteiger partial charge is 0.375 e. The van der Waals surface area contributed by atoms with Crippen molar-refractivity contribution in [2.45, 2.75) is 57.1 Å². The maximum atomic E-state index is 13.4. The first-order chi connectivity index (χ1) is 15.1. The van der Waals surface area contributed by atoms with Crippen LogP contribution in [0.4, 0.5) is 0 Å². The summed E-state index contributed by atoms with van der Waals surface area (Å²) in [5.74, 6) is 0.184. The molecule has 166 valence electrons. The molecule has 1 aliphatic carbocycles. The Hall–Kier alpha value is -2.17. The van der Waals surface area contributed by atoms with Gasteiger partial charge in [-0.05, 0) is 49.8 Å². The topological polar surface area (TPSA) is 52.6 Å². The number of benzene rings is 2. The number of nitrogens with zero attached hydrogens (tertiary/aromatic N) is 1. The molecule has 4 rings (SSSR count). The summed E-state index contributed by atoms with van der Waals surface area (Å²) in [6.45, 7) is 4.90. The van der Waals surface area contributed by atoms with E-state index in [2.05, 4.69) is 47.5 Å². The summed E-state index contributed by atoms with van der Waals surface area (Å²) in [4.78, 5) is 15.9. The minimum atomic E-state index is -1.43. The highest BCUT2D eigenvalue weighted by atomic mass is 16.3. The normalized spacial score (nSPS) is 23.2. The maximum Gasteiger partial charge on any atom is 0.256 e. The lowest BCUT2D eigenvalue weighted by Gasteiger charge is -2.37. The van der Waals surface area contributed by atoms with E-state index >= 15 is 0 Å².